The van der Waals surface area contributed by atoms with Crippen molar-refractivity contribution in [2.45, 2.75) is 80.3 Å². The zero-order chi connectivity index (χ0) is 19.1. The van der Waals surface area contributed by atoms with Crippen LogP contribution in [0.4, 0.5) is 0 Å². The molecule has 0 heterocycles. The summed E-state index contributed by atoms with van der Waals surface area (Å²) in [5.41, 5.74) is 3.29. The molecule has 1 nitrogen and oxygen atoms in total. The normalized spacial score (nSPS) is 14.5. The van der Waals surface area contributed by atoms with Crippen molar-refractivity contribution in [1.82, 2.24) is 0 Å². The summed E-state index contributed by atoms with van der Waals surface area (Å²) in [4.78, 5) is 0. The summed E-state index contributed by atoms with van der Waals surface area (Å²) < 4.78 is 6.00. The standard InChI is InChI=1S/C23H39OP/c1-8-9-20(14-15-25)24-17-18-10-12-19(13-11-18)21(23(5,6)7)16-22(2,3)4/h9-13,21H,8,14-17,25H2,1-7H3/b20-9-. The van der Waals surface area contributed by atoms with Crippen molar-refractivity contribution in [3.63, 3.8) is 0 Å². The fourth-order valence-corrected chi connectivity index (χ4v) is 3.45. The average Bonchev–Trinajstić information content (AvgIpc) is 2.49. The molecule has 0 amide bonds. The van der Waals surface area contributed by atoms with Crippen molar-refractivity contribution in [3.8, 4) is 0 Å². The molecular weight excluding hydrogens is 323 g/mol. The second-order valence-electron chi connectivity index (χ2n) is 9.33. The third kappa shape index (κ3) is 8.41. The molecule has 2 unspecified atom stereocenters. The van der Waals surface area contributed by atoms with E-state index in [9.17, 15) is 0 Å². The van der Waals surface area contributed by atoms with Gasteiger partial charge in [-0.05, 0) is 53.0 Å². The van der Waals surface area contributed by atoms with Crippen molar-refractivity contribution in [1.29, 1.82) is 0 Å². The van der Waals surface area contributed by atoms with Gasteiger partial charge in [0.25, 0.3) is 0 Å². The van der Waals surface area contributed by atoms with Crippen molar-refractivity contribution in [2.75, 3.05) is 6.16 Å². The molecule has 0 aromatic heterocycles. The van der Waals surface area contributed by atoms with Crippen LogP contribution in [0.2, 0.25) is 0 Å². The van der Waals surface area contributed by atoms with E-state index in [2.05, 4.69) is 88.0 Å². The van der Waals surface area contributed by atoms with E-state index in [4.69, 9.17) is 4.74 Å². The van der Waals surface area contributed by atoms with Gasteiger partial charge in [0.15, 0.2) is 0 Å². The molecule has 142 valence electrons. The van der Waals surface area contributed by atoms with Gasteiger partial charge in [0.05, 0.1) is 5.76 Å². The highest BCUT2D eigenvalue weighted by atomic mass is 31.0. The first-order valence-corrected chi connectivity index (χ1v) is 10.5. The van der Waals surface area contributed by atoms with Crippen molar-refractivity contribution < 1.29 is 4.74 Å². The minimum atomic E-state index is 0.265. The number of hydrogen-bond acceptors (Lipinski definition) is 1. The summed E-state index contributed by atoms with van der Waals surface area (Å²) >= 11 is 0. The minimum absolute atomic E-state index is 0.265. The largest absolute Gasteiger partial charge is 0.494 e. The molecule has 0 saturated heterocycles. The molecule has 25 heavy (non-hydrogen) atoms. The molecule has 0 spiro atoms. The van der Waals surface area contributed by atoms with E-state index >= 15 is 0 Å². The summed E-state index contributed by atoms with van der Waals surface area (Å²) in [7, 11) is 2.77. The van der Waals surface area contributed by atoms with Gasteiger partial charge in [-0.3, -0.25) is 0 Å². The van der Waals surface area contributed by atoms with Gasteiger partial charge in [0.2, 0.25) is 0 Å². The maximum atomic E-state index is 6.00. The molecule has 0 aliphatic heterocycles. The lowest BCUT2D eigenvalue weighted by atomic mass is 9.69. The summed E-state index contributed by atoms with van der Waals surface area (Å²) in [5.74, 6) is 1.68. The second kappa shape index (κ2) is 9.77. The van der Waals surface area contributed by atoms with Crippen LogP contribution in [-0.2, 0) is 11.3 Å². The van der Waals surface area contributed by atoms with Crippen LogP contribution >= 0.6 is 9.24 Å². The molecule has 1 aromatic rings. The third-order valence-electron chi connectivity index (χ3n) is 4.49. The Morgan fingerprint density at radius 3 is 2.12 bits per heavy atom. The molecule has 2 atom stereocenters. The minimum Gasteiger partial charge on any atom is -0.494 e. The molecule has 1 rings (SSSR count). The zero-order valence-electron chi connectivity index (χ0n) is 17.5. The number of ether oxygens (including phenoxy) is 1. The number of hydrogen-bond donors (Lipinski definition) is 0. The molecule has 0 saturated carbocycles. The first kappa shape index (κ1) is 22.2. The van der Waals surface area contributed by atoms with Crippen LogP contribution in [0.5, 0.6) is 0 Å². The molecule has 0 aliphatic rings. The van der Waals surface area contributed by atoms with Crippen LogP contribution in [-0.4, -0.2) is 6.16 Å². The highest BCUT2D eigenvalue weighted by molar-refractivity contribution is 7.16. The second-order valence-corrected chi connectivity index (χ2v) is 9.91. The van der Waals surface area contributed by atoms with Crippen LogP contribution < -0.4 is 0 Å². The predicted octanol–water partition coefficient (Wildman–Crippen LogP) is 7.33. The summed E-state index contributed by atoms with van der Waals surface area (Å²) in [6.45, 7) is 16.9. The molecule has 0 aliphatic carbocycles. The van der Waals surface area contributed by atoms with Crippen molar-refractivity contribution >= 4 is 9.24 Å². The summed E-state index contributed by atoms with van der Waals surface area (Å²) in [5, 5.41) is 0. The van der Waals surface area contributed by atoms with Crippen LogP contribution in [0.15, 0.2) is 36.1 Å². The van der Waals surface area contributed by atoms with Gasteiger partial charge < -0.3 is 4.74 Å². The van der Waals surface area contributed by atoms with Gasteiger partial charge in [-0.2, -0.15) is 0 Å². The van der Waals surface area contributed by atoms with E-state index < -0.39 is 0 Å². The average molecular weight is 363 g/mol. The van der Waals surface area contributed by atoms with E-state index in [1.807, 2.05) is 0 Å². The van der Waals surface area contributed by atoms with E-state index in [0.29, 0.717) is 17.9 Å². The predicted molar refractivity (Wildman–Crippen MR) is 115 cm³/mol. The highest BCUT2D eigenvalue weighted by Gasteiger charge is 2.30. The lowest BCUT2D eigenvalue weighted by Crippen LogP contribution is -2.23. The van der Waals surface area contributed by atoms with Gasteiger partial charge in [-0.25, -0.2) is 0 Å². The maximum absolute atomic E-state index is 6.00. The Morgan fingerprint density at radius 1 is 1.08 bits per heavy atom. The monoisotopic (exact) mass is 362 g/mol. The van der Waals surface area contributed by atoms with Crippen molar-refractivity contribution in [2.24, 2.45) is 10.8 Å². The first-order chi connectivity index (χ1) is 11.6. The van der Waals surface area contributed by atoms with Gasteiger partial charge >= 0.3 is 0 Å². The van der Waals surface area contributed by atoms with Crippen LogP contribution in [0, 0.1) is 10.8 Å². The summed E-state index contributed by atoms with van der Waals surface area (Å²) in [6.07, 6.45) is 6.46. The van der Waals surface area contributed by atoms with Crippen LogP contribution in [0.25, 0.3) is 0 Å². The van der Waals surface area contributed by atoms with E-state index in [1.165, 1.54) is 17.5 Å². The topological polar surface area (TPSA) is 9.23 Å². The van der Waals surface area contributed by atoms with Gasteiger partial charge in [0, 0.05) is 6.42 Å². The van der Waals surface area contributed by atoms with E-state index in [0.717, 1.165) is 24.8 Å². The van der Waals surface area contributed by atoms with Gasteiger partial charge in [-0.1, -0.05) is 72.7 Å². The number of rotatable bonds is 8. The Kier molecular flexibility index (Phi) is 8.69. The van der Waals surface area contributed by atoms with Gasteiger partial charge in [-0.15, -0.1) is 9.24 Å². The Hall–Kier alpha value is -0.810. The molecule has 0 bridgehead atoms. The maximum Gasteiger partial charge on any atom is 0.113 e. The SMILES string of the molecule is CC/C=C(/CCP)OCc1ccc(C(CC(C)(C)C)C(C)(C)C)cc1. The zero-order valence-corrected chi connectivity index (χ0v) is 18.6. The molecule has 1 aromatic carbocycles. The first-order valence-electron chi connectivity index (χ1n) is 9.67. The summed E-state index contributed by atoms with van der Waals surface area (Å²) in [6, 6.07) is 9.08. The smallest absolute Gasteiger partial charge is 0.113 e. The Bertz CT molecular complexity index is 529. The molecule has 0 fully saturated rings. The third-order valence-corrected chi connectivity index (χ3v) is 4.78. The fraction of sp³-hybridized carbons (Fsp3) is 0.652. The van der Waals surface area contributed by atoms with Crippen LogP contribution in [0.3, 0.4) is 0 Å². The number of benzene rings is 1. The lowest BCUT2D eigenvalue weighted by Gasteiger charge is -2.36. The quantitative estimate of drug-likeness (QED) is 0.347. The number of allylic oxidation sites excluding steroid dienone is 2. The van der Waals surface area contributed by atoms with E-state index in [-0.39, 0.29) is 5.41 Å². The molecular formula is C23H39OP. The molecule has 0 N–H and O–H groups in total. The highest BCUT2D eigenvalue weighted by Crippen LogP contribution is 2.43. The Balaban J connectivity index is 2.84. The fourth-order valence-electron chi connectivity index (χ4n) is 3.16. The lowest BCUT2D eigenvalue weighted by molar-refractivity contribution is 0.190. The van der Waals surface area contributed by atoms with Gasteiger partial charge in [0.1, 0.15) is 6.61 Å². The Labute approximate surface area is 158 Å². The van der Waals surface area contributed by atoms with Crippen LogP contribution in [0.1, 0.15) is 84.8 Å². The molecule has 0 radical (unpaired) electrons. The van der Waals surface area contributed by atoms with E-state index in [1.54, 1.807) is 0 Å². The van der Waals surface area contributed by atoms with Crippen molar-refractivity contribution in [3.05, 3.63) is 47.2 Å². The Morgan fingerprint density at radius 2 is 1.68 bits per heavy atom. The molecule has 2 heteroatoms.